The highest BCUT2D eigenvalue weighted by Gasteiger charge is 2.60. The van der Waals surface area contributed by atoms with Crippen molar-refractivity contribution in [2.24, 2.45) is 34.5 Å². The average Bonchev–Trinajstić information content (AvgIpc) is 2.95. The molecule has 5 aliphatic carbocycles. The maximum absolute atomic E-state index is 2.63. The standard InChI is InChI=1S/C22H30.C2H6/c1-21-13-4-3-6-15(21)9-11-18-19-12-10-16-7-5-8-17(14-20(18)21)22(16,19)2;1-2/h5-8,16,18-20H,3-4,9-14H2,1-2H3;1-2H3/t16?,18?,19?,20?,21-,22-;/m0./s1. The van der Waals surface area contributed by atoms with E-state index in [2.05, 4.69) is 38.2 Å². The molecule has 0 heteroatoms. The predicted octanol–water partition coefficient (Wildman–Crippen LogP) is 7.09. The van der Waals surface area contributed by atoms with Gasteiger partial charge in [0.25, 0.3) is 0 Å². The lowest BCUT2D eigenvalue weighted by molar-refractivity contribution is -0.0109. The summed E-state index contributed by atoms with van der Waals surface area (Å²) >= 11 is 0. The Kier molecular flexibility index (Phi) is 4.09. The average molecular weight is 325 g/mol. The maximum Gasteiger partial charge on any atom is -0.00194 e. The molecule has 132 valence electrons. The molecule has 0 amide bonds. The summed E-state index contributed by atoms with van der Waals surface area (Å²) in [7, 11) is 0. The Morgan fingerprint density at radius 1 is 1.00 bits per heavy atom. The van der Waals surface area contributed by atoms with E-state index < -0.39 is 0 Å². The zero-order valence-corrected chi connectivity index (χ0v) is 16.3. The second-order valence-electron chi connectivity index (χ2n) is 9.20. The first-order valence-corrected chi connectivity index (χ1v) is 10.7. The largest absolute Gasteiger partial charge is 0.0848 e. The summed E-state index contributed by atoms with van der Waals surface area (Å²) in [6.45, 7) is 9.25. The van der Waals surface area contributed by atoms with E-state index in [1.807, 2.05) is 25.0 Å². The van der Waals surface area contributed by atoms with Crippen LogP contribution in [0.2, 0.25) is 0 Å². The van der Waals surface area contributed by atoms with Crippen molar-refractivity contribution in [1.82, 2.24) is 0 Å². The predicted molar refractivity (Wildman–Crippen MR) is 104 cm³/mol. The van der Waals surface area contributed by atoms with Gasteiger partial charge in [0.1, 0.15) is 0 Å². The molecule has 0 radical (unpaired) electrons. The highest BCUT2D eigenvalue weighted by Crippen LogP contribution is 2.69. The molecule has 5 rings (SSSR count). The zero-order valence-electron chi connectivity index (χ0n) is 16.3. The first-order chi connectivity index (χ1) is 11.6. The van der Waals surface area contributed by atoms with Gasteiger partial charge in [0.2, 0.25) is 0 Å². The lowest BCUT2D eigenvalue weighted by atomic mass is 9.45. The second kappa shape index (κ2) is 5.89. The smallest absolute Gasteiger partial charge is 0.00194 e. The summed E-state index contributed by atoms with van der Waals surface area (Å²) in [6, 6.07) is 0. The summed E-state index contributed by atoms with van der Waals surface area (Å²) in [5.41, 5.74) is 4.70. The minimum absolute atomic E-state index is 0.516. The SMILES string of the molecule is CC.C[C@@]12C3=CC=CC1CCC2C1CCC2=CCCC[C@]2(C)C1C3. The first-order valence-electron chi connectivity index (χ1n) is 10.7. The topological polar surface area (TPSA) is 0 Å². The minimum atomic E-state index is 0.516. The number of hydrogen-bond donors (Lipinski definition) is 0. The molecule has 24 heavy (non-hydrogen) atoms. The van der Waals surface area contributed by atoms with Crippen molar-refractivity contribution in [2.75, 3.05) is 0 Å². The van der Waals surface area contributed by atoms with Gasteiger partial charge in [0.15, 0.2) is 0 Å². The molecular weight excluding hydrogens is 288 g/mol. The van der Waals surface area contributed by atoms with E-state index in [-0.39, 0.29) is 0 Å². The van der Waals surface area contributed by atoms with Gasteiger partial charge < -0.3 is 0 Å². The highest BCUT2D eigenvalue weighted by atomic mass is 14.6. The highest BCUT2D eigenvalue weighted by molar-refractivity contribution is 5.36. The molecule has 3 fully saturated rings. The van der Waals surface area contributed by atoms with Crippen LogP contribution in [0.15, 0.2) is 35.5 Å². The van der Waals surface area contributed by atoms with E-state index in [4.69, 9.17) is 0 Å². The van der Waals surface area contributed by atoms with E-state index >= 15 is 0 Å². The van der Waals surface area contributed by atoms with Crippen LogP contribution in [-0.2, 0) is 0 Å². The third-order valence-corrected chi connectivity index (χ3v) is 8.73. The monoisotopic (exact) mass is 324 g/mol. The van der Waals surface area contributed by atoms with Gasteiger partial charge in [-0.2, -0.15) is 0 Å². The van der Waals surface area contributed by atoms with Crippen LogP contribution in [0.1, 0.15) is 79.1 Å². The van der Waals surface area contributed by atoms with Gasteiger partial charge in [0.05, 0.1) is 0 Å². The number of fused-ring (bicyclic) bond motifs is 4. The van der Waals surface area contributed by atoms with Crippen LogP contribution in [-0.4, -0.2) is 0 Å². The molecule has 0 spiro atoms. The maximum atomic E-state index is 2.63. The molecule has 0 saturated heterocycles. The minimum Gasteiger partial charge on any atom is -0.0848 e. The molecular formula is C24H36. The summed E-state index contributed by atoms with van der Waals surface area (Å²) in [6.07, 6.45) is 21.5. The third kappa shape index (κ3) is 2.04. The van der Waals surface area contributed by atoms with E-state index in [1.54, 1.807) is 0 Å². The lowest BCUT2D eigenvalue weighted by Gasteiger charge is -2.59. The van der Waals surface area contributed by atoms with Gasteiger partial charge in [-0.25, -0.2) is 0 Å². The molecule has 0 aromatic heterocycles. The number of rotatable bonds is 0. The Hall–Kier alpha value is -0.780. The quantitative estimate of drug-likeness (QED) is 0.417. The molecule has 0 nitrogen and oxygen atoms in total. The fourth-order valence-electron chi connectivity index (χ4n) is 7.48. The summed E-state index contributed by atoms with van der Waals surface area (Å²) in [5, 5.41) is 0. The van der Waals surface area contributed by atoms with Crippen molar-refractivity contribution in [2.45, 2.75) is 79.1 Å². The first kappa shape index (κ1) is 16.7. The van der Waals surface area contributed by atoms with Gasteiger partial charge in [-0.1, -0.05) is 63.1 Å². The fraction of sp³-hybridized carbons (Fsp3) is 0.750. The molecule has 6 atom stereocenters. The van der Waals surface area contributed by atoms with Crippen molar-refractivity contribution < 1.29 is 0 Å². The van der Waals surface area contributed by atoms with Crippen molar-refractivity contribution in [3.63, 3.8) is 0 Å². The van der Waals surface area contributed by atoms with Crippen LogP contribution in [0, 0.1) is 34.5 Å². The number of hydrogen-bond acceptors (Lipinski definition) is 0. The summed E-state index contributed by atoms with van der Waals surface area (Å²) < 4.78 is 0. The molecule has 0 aromatic rings. The van der Waals surface area contributed by atoms with E-state index in [9.17, 15) is 0 Å². The van der Waals surface area contributed by atoms with Gasteiger partial charge in [0, 0.05) is 0 Å². The Labute approximate surface area is 149 Å². The molecule has 5 aliphatic rings. The van der Waals surface area contributed by atoms with E-state index in [1.165, 1.54) is 51.4 Å². The Morgan fingerprint density at radius 3 is 2.67 bits per heavy atom. The van der Waals surface area contributed by atoms with Crippen LogP contribution < -0.4 is 0 Å². The lowest BCUT2D eigenvalue weighted by Crippen LogP contribution is -2.51. The van der Waals surface area contributed by atoms with Crippen molar-refractivity contribution in [1.29, 1.82) is 0 Å². The van der Waals surface area contributed by atoms with E-state index in [0.29, 0.717) is 10.8 Å². The van der Waals surface area contributed by atoms with Crippen molar-refractivity contribution in [3.05, 3.63) is 35.5 Å². The molecule has 0 heterocycles. The van der Waals surface area contributed by atoms with Gasteiger partial charge in [-0.15, -0.1) is 0 Å². The van der Waals surface area contributed by atoms with Crippen molar-refractivity contribution >= 4 is 0 Å². The van der Waals surface area contributed by atoms with Crippen LogP contribution in [0.4, 0.5) is 0 Å². The summed E-state index contributed by atoms with van der Waals surface area (Å²) in [4.78, 5) is 0. The third-order valence-electron chi connectivity index (χ3n) is 8.73. The molecule has 0 aromatic carbocycles. The normalized spacial score (nSPS) is 48.2. The van der Waals surface area contributed by atoms with Gasteiger partial charge in [-0.05, 0) is 85.9 Å². The second-order valence-corrected chi connectivity index (χ2v) is 9.20. The van der Waals surface area contributed by atoms with Crippen LogP contribution in [0.25, 0.3) is 0 Å². The fourth-order valence-corrected chi connectivity index (χ4v) is 7.48. The molecule has 0 bridgehead atoms. The zero-order chi connectivity index (χ0) is 16.9. The molecule has 0 aliphatic heterocycles. The number of allylic oxidation sites excluding steroid dienone is 6. The van der Waals surface area contributed by atoms with Crippen molar-refractivity contribution in [3.8, 4) is 0 Å². The summed E-state index contributed by atoms with van der Waals surface area (Å²) in [5.74, 6) is 3.74. The molecule has 3 saturated carbocycles. The van der Waals surface area contributed by atoms with Crippen LogP contribution in [0.3, 0.4) is 0 Å². The molecule has 0 N–H and O–H groups in total. The van der Waals surface area contributed by atoms with Gasteiger partial charge >= 0.3 is 0 Å². The van der Waals surface area contributed by atoms with Crippen LogP contribution >= 0.6 is 0 Å². The van der Waals surface area contributed by atoms with Gasteiger partial charge in [-0.3, -0.25) is 0 Å². The Balaban J connectivity index is 0.000000704. The van der Waals surface area contributed by atoms with Crippen LogP contribution in [0.5, 0.6) is 0 Å². The van der Waals surface area contributed by atoms with E-state index in [0.717, 1.165) is 23.7 Å². The Bertz CT molecular complexity index is 591. The molecule has 4 unspecified atom stereocenters. The Morgan fingerprint density at radius 2 is 1.83 bits per heavy atom.